The summed E-state index contributed by atoms with van der Waals surface area (Å²) in [7, 11) is -3.66. The summed E-state index contributed by atoms with van der Waals surface area (Å²) in [4.78, 5) is 4.81. The van der Waals surface area contributed by atoms with E-state index >= 15 is 0 Å². The maximum atomic E-state index is 13.1. The Morgan fingerprint density at radius 1 is 1.12 bits per heavy atom. The molecule has 1 aliphatic heterocycles. The van der Waals surface area contributed by atoms with Crippen LogP contribution in [0.5, 0.6) is 0 Å². The molecule has 0 radical (unpaired) electrons. The lowest BCUT2D eigenvalue weighted by Gasteiger charge is -2.22. The van der Waals surface area contributed by atoms with Gasteiger partial charge in [-0.15, -0.1) is 11.3 Å². The Kier molecular flexibility index (Phi) is 4.50. The second-order valence-electron chi connectivity index (χ2n) is 5.87. The van der Waals surface area contributed by atoms with Crippen LogP contribution in [0.1, 0.15) is 23.9 Å². The average molecular weight is 413 g/mol. The van der Waals surface area contributed by atoms with Crippen molar-refractivity contribution in [2.45, 2.75) is 23.8 Å². The molecule has 1 saturated heterocycles. The number of halogens is 2. The summed E-state index contributed by atoms with van der Waals surface area (Å²) in [6.07, 6.45) is 1.57. The van der Waals surface area contributed by atoms with Gasteiger partial charge >= 0.3 is 0 Å². The molecule has 130 valence electrons. The maximum Gasteiger partial charge on any atom is 0.243 e. The van der Waals surface area contributed by atoms with Crippen LogP contribution < -0.4 is 0 Å². The summed E-state index contributed by atoms with van der Waals surface area (Å²) < 4.78 is 28.8. The molecule has 1 aliphatic rings. The first-order valence-corrected chi connectivity index (χ1v) is 10.8. The minimum Gasteiger partial charge on any atom is -0.239 e. The quantitative estimate of drug-likeness (QED) is 0.598. The molecule has 4 rings (SSSR count). The van der Waals surface area contributed by atoms with E-state index in [1.165, 1.54) is 22.5 Å². The SMILES string of the molecule is O=S(=O)(c1ccc(Cl)c(Cl)c1)N1CCCC1c1nc2ccccc2s1. The summed E-state index contributed by atoms with van der Waals surface area (Å²) in [6.45, 7) is 0.475. The number of rotatable bonds is 3. The Bertz CT molecular complexity index is 1020. The van der Waals surface area contributed by atoms with Crippen molar-refractivity contribution in [3.05, 3.63) is 57.5 Å². The van der Waals surface area contributed by atoms with E-state index in [0.717, 1.165) is 28.1 Å². The molecule has 1 unspecified atom stereocenters. The zero-order valence-corrected chi connectivity index (χ0v) is 16.2. The maximum absolute atomic E-state index is 13.1. The van der Waals surface area contributed by atoms with Crippen LogP contribution in [0.4, 0.5) is 0 Å². The minimum absolute atomic E-state index is 0.162. The third-order valence-electron chi connectivity index (χ3n) is 4.30. The van der Waals surface area contributed by atoms with Crippen molar-refractivity contribution in [3.8, 4) is 0 Å². The fraction of sp³-hybridized carbons (Fsp3) is 0.235. The predicted molar refractivity (Wildman–Crippen MR) is 102 cm³/mol. The first kappa shape index (κ1) is 17.2. The second kappa shape index (κ2) is 6.52. The first-order valence-electron chi connectivity index (χ1n) is 7.79. The van der Waals surface area contributed by atoms with Crippen LogP contribution in [-0.2, 0) is 10.0 Å². The van der Waals surface area contributed by atoms with E-state index in [-0.39, 0.29) is 16.0 Å². The molecular formula is C17H14Cl2N2O2S2. The third-order valence-corrected chi connectivity index (χ3v) is 8.08. The van der Waals surface area contributed by atoms with Gasteiger partial charge in [0, 0.05) is 6.54 Å². The van der Waals surface area contributed by atoms with E-state index in [9.17, 15) is 8.42 Å². The summed E-state index contributed by atoms with van der Waals surface area (Å²) in [6, 6.07) is 12.0. The molecule has 1 fully saturated rings. The Morgan fingerprint density at radius 3 is 2.68 bits per heavy atom. The van der Waals surface area contributed by atoms with Crippen molar-refractivity contribution < 1.29 is 8.42 Å². The van der Waals surface area contributed by atoms with E-state index in [1.54, 1.807) is 11.3 Å². The van der Waals surface area contributed by atoms with Crippen LogP contribution in [0, 0.1) is 0 Å². The van der Waals surface area contributed by atoms with Crippen LogP contribution >= 0.6 is 34.5 Å². The smallest absolute Gasteiger partial charge is 0.239 e. The number of thiazole rings is 1. The van der Waals surface area contributed by atoms with Crippen molar-refractivity contribution in [1.29, 1.82) is 0 Å². The topological polar surface area (TPSA) is 50.3 Å². The summed E-state index contributed by atoms with van der Waals surface area (Å²) in [5, 5.41) is 1.41. The van der Waals surface area contributed by atoms with Crippen molar-refractivity contribution in [2.75, 3.05) is 6.54 Å². The fourth-order valence-electron chi connectivity index (χ4n) is 3.08. The molecule has 0 bridgehead atoms. The van der Waals surface area contributed by atoms with Gasteiger partial charge in [0.05, 0.1) is 31.2 Å². The summed E-state index contributed by atoms with van der Waals surface area (Å²) >= 11 is 13.5. The number of nitrogens with zero attached hydrogens (tertiary/aromatic N) is 2. The van der Waals surface area contributed by atoms with Crippen molar-refractivity contribution in [1.82, 2.24) is 9.29 Å². The van der Waals surface area contributed by atoms with E-state index < -0.39 is 10.0 Å². The van der Waals surface area contributed by atoms with Crippen molar-refractivity contribution >= 4 is 54.8 Å². The lowest BCUT2D eigenvalue weighted by atomic mass is 10.2. The molecule has 0 N–H and O–H groups in total. The zero-order valence-electron chi connectivity index (χ0n) is 13.0. The molecule has 25 heavy (non-hydrogen) atoms. The van der Waals surface area contributed by atoms with Crippen LogP contribution in [0.3, 0.4) is 0 Å². The van der Waals surface area contributed by atoms with Crippen molar-refractivity contribution in [2.24, 2.45) is 0 Å². The van der Waals surface area contributed by atoms with Crippen molar-refractivity contribution in [3.63, 3.8) is 0 Å². The molecule has 4 nitrogen and oxygen atoms in total. The standard InChI is InChI=1S/C17H14Cl2N2O2S2/c18-12-8-7-11(10-13(12)19)25(22,23)21-9-3-5-15(21)17-20-14-4-1-2-6-16(14)24-17/h1-2,4,6-8,10,15H,3,5,9H2. The Hall–Kier alpha value is -1.18. The zero-order chi connectivity index (χ0) is 17.6. The summed E-state index contributed by atoms with van der Waals surface area (Å²) in [5.74, 6) is 0. The average Bonchev–Trinajstić information content (AvgIpc) is 3.23. The van der Waals surface area contributed by atoms with Gasteiger partial charge in [0.15, 0.2) is 0 Å². The normalized spacial score (nSPS) is 18.9. The van der Waals surface area contributed by atoms with Gasteiger partial charge in [-0.1, -0.05) is 35.3 Å². The molecule has 0 amide bonds. The minimum atomic E-state index is -3.66. The lowest BCUT2D eigenvalue weighted by Crippen LogP contribution is -2.30. The lowest BCUT2D eigenvalue weighted by molar-refractivity contribution is 0.396. The highest BCUT2D eigenvalue weighted by atomic mass is 35.5. The molecule has 3 aromatic rings. The Labute approximate surface area is 160 Å². The van der Waals surface area contributed by atoms with E-state index in [2.05, 4.69) is 4.98 Å². The number of benzene rings is 2. The van der Waals surface area contributed by atoms with Gasteiger partial charge in [0.2, 0.25) is 10.0 Å². The highest BCUT2D eigenvalue weighted by Gasteiger charge is 2.38. The number of para-hydroxylation sites is 1. The van der Waals surface area contributed by atoms with Crippen LogP contribution in [0.25, 0.3) is 10.2 Å². The Balaban J connectivity index is 1.74. The number of fused-ring (bicyclic) bond motifs is 1. The first-order chi connectivity index (χ1) is 12.0. The largest absolute Gasteiger partial charge is 0.243 e. The van der Waals surface area contributed by atoms with Crippen LogP contribution in [-0.4, -0.2) is 24.3 Å². The van der Waals surface area contributed by atoms with Gasteiger partial charge in [-0.05, 0) is 43.2 Å². The molecule has 8 heteroatoms. The molecule has 1 aromatic heterocycles. The molecule has 0 spiro atoms. The number of hydrogen-bond donors (Lipinski definition) is 0. The van der Waals surface area contributed by atoms with Gasteiger partial charge in [0.25, 0.3) is 0 Å². The summed E-state index contributed by atoms with van der Waals surface area (Å²) in [5.41, 5.74) is 0.904. The fourth-order valence-corrected chi connectivity index (χ4v) is 6.31. The number of hydrogen-bond acceptors (Lipinski definition) is 4. The highest BCUT2D eigenvalue weighted by molar-refractivity contribution is 7.89. The molecule has 2 aromatic carbocycles. The van der Waals surface area contributed by atoms with E-state index in [4.69, 9.17) is 23.2 Å². The third kappa shape index (κ3) is 3.06. The van der Waals surface area contributed by atoms with E-state index in [0.29, 0.717) is 11.6 Å². The Morgan fingerprint density at radius 2 is 1.92 bits per heavy atom. The van der Waals surface area contributed by atoms with Gasteiger partial charge in [-0.3, -0.25) is 0 Å². The molecule has 0 saturated carbocycles. The van der Waals surface area contributed by atoms with Crippen LogP contribution in [0.2, 0.25) is 10.0 Å². The second-order valence-corrected chi connectivity index (χ2v) is 9.64. The highest BCUT2D eigenvalue weighted by Crippen LogP contribution is 2.40. The molecule has 1 atom stereocenters. The van der Waals surface area contributed by atoms with Gasteiger partial charge in [0.1, 0.15) is 5.01 Å². The monoisotopic (exact) mass is 412 g/mol. The van der Waals surface area contributed by atoms with Crippen LogP contribution in [0.15, 0.2) is 47.4 Å². The molecule has 2 heterocycles. The van der Waals surface area contributed by atoms with Gasteiger partial charge in [-0.25, -0.2) is 13.4 Å². The van der Waals surface area contributed by atoms with E-state index in [1.807, 2.05) is 24.3 Å². The number of sulfonamides is 1. The molecular weight excluding hydrogens is 399 g/mol. The van der Waals surface area contributed by atoms with Gasteiger partial charge in [-0.2, -0.15) is 4.31 Å². The molecule has 0 aliphatic carbocycles. The number of aromatic nitrogens is 1. The predicted octanol–water partition coefficient (Wildman–Crippen LogP) is 5.13. The van der Waals surface area contributed by atoms with Gasteiger partial charge < -0.3 is 0 Å².